The van der Waals surface area contributed by atoms with Crippen LogP contribution in [-0.4, -0.2) is 58.5 Å². The smallest absolute Gasteiger partial charge is 0.273 e. The lowest BCUT2D eigenvalue weighted by Gasteiger charge is -2.33. The Bertz CT molecular complexity index is 697. The average Bonchev–Trinajstić information content (AvgIpc) is 3.15. The number of amides is 1. The van der Waals surface area contributed by atoms with Crippen molar-refractivity contribution in [2.75, 3.05) is 37.6 Å². The monoisotopic (exact) mass is 358 g/mol. The third-order valence-electron chi connectivity index (χ3n) is 4.66. The van der Waals surface area contributed by atoms with Crippen LogP contribution in [0.25, 0.3) is 0 Å². The molecule has 1 N–H and O–H groups in total. The van der Waals surface area contributed by atoms with Crippen LogP contribution in [0.3, 0.4) is 0 Å². The van der Waals surface area contributed by atoms with E-state index in [0.29, 0.717) is 30.6 Å². The standard InChI is InChI=1S/C18H26N6O2/c1-3-14(2)11-21-17(25)15-13-26-16(22-15)12-23-7-9-24(10-8-23)18-19-5-4-6-20-18/h4-6,13-14H,3,7-12H2,1-2H3,(H,21,25). The Morgan fingerprint density at radius 1 is 1.27 bits per heavy atom. The summed E-state index contributed by atoms with van der Waals surface area (Å²) >= 11 is 0. The van der Waals surface area contributed by atoms with Gasteiger partial charge >= 0.3 is 0 Å². The van der Waals surface area contributed by atoms with Crippen LogP contribution in [0.4, 0.5) is 5.95 Å². The van der Waals surface area contributed by atoms with Crippen LogP contribution in [-0.2, 0) is 6.54 Å². The molecule has 2 aromatic rings. The van der Waals surface area contributed by atoms with Crippen molar-refractivity contribution in [2.24, 2.45) is 5.92 Å². The zero-order chi connectivity index (χ0) is 18.4. The number of aromatic nitrogens is 3. The number of hydrogen-bond acceptors (Lipinski definition) is 7. The van der Waals surface area contributed by atoms with E-state index >= 15 is 0 Å². The summed E-state index contributed by atoms with van der Waals surface area (Å²) < 4.78 is 5.48. The molecule has 3 heterocycles. The molecule has 8 nitrogen and oxygen atoms in total. The van der Waals surface area contributed by atoms with Crippen molar-refractivity contribution in [3.05, 3.63) is 36.3 Å². The minimum absolute atomic E-state index is 0.175. The summed E-state index contributed by atoms with van der Waals surface area (Å²) in [6, 6.07) is 1.82. The SMILES string of the molecule is CCC(C)CNC(=O)c1coc(CN2CCN(c3ncccn3)CC2)n1. The molecule has 1 atom stereocenters. The number of oxazole rings is 1. The molecule has 8 heteroatoms. The van der Waals surface area contributed by atoms with E-state index in [2.05, 4.69) is 43.9 Å². The Hall–Kier alpha value is -2.48. The zero-order valence-corrected chi connectivity index (χ0v) is 15.4. The molecule has 140 valence electrons. The van der Waals surface area contributed by atoms with Crippen molar-refractivity contribution in [2.45, 2.75) is 26.8 Å². The van der Waals surface area contributed by atoms with Gasteiger partial charge in [0.05, 0.1) is 6.54 Å². The number of carbonyl (C=O) groups is 1. The molecule has 2 aromatic heterocycles. The van der Waals surface area contributed by atoms with Crippen LogP contribution >= 0.6 is 0 Å². The first kappa shape index (κ1) is 18.3. The summed E-state index contributed by atoms with van der Waals surface area (Å²) in [5, 5.41) is 2.89. The fourth-order valence-corrected chi connectivity index (χ4v) is 2.74. The van der Waals surface area contributed by atoms with Gasteiger partial charge in [0, 0.05) is 45.1 Å². The second-order valence-corrected chi connectivity index (χ2v) is 6.66. The molecule has 1 unspecified atom stereocenters. The van der Waals surface area contributed by atoms with Gasteiger partial charge in [-0.2, -0.15) is 0 Å². The molecule has 26 heavy (non-hydrogen) atoms. The topological polar surface area (TPSA) is 87.4 Å². The van der Waals surface area contributed by atoms with Gasteiger partial charge in [0.2, 0.25) is 11.8 Å². The number of carbonyl (C=O) groups excluding carboxylic acids is 1. The van der Waals surface area contributed by atoms with Crippen LogP contribution in [0.1, 0.15) is 36.6 Å². The lowest BCUT2D eigenvalue weighted by molar-refractivity contribution is 0.0942. The highest BCUT2D eigenvalue weighted by molar-refractivity contribution is 5.91. The molecule has 1 amide bonds. The number of nitrogens with zero attached hydrogens (tertiary/aromatic N) is 5. The first-order chi connectivity index (χ1) is 12.7. The van der Waals surface area contributed by atoms with E-state index in [1.54, 1.807) is 12.4 Å². The summed E-state index contributed by atoms with van der Waals surface area (Å²) in [5.74, 6) is 1.62. The third-order valence-corrected chi connectivity index (χ3v) is 4.66. The van der Waals surface area contributed by atoms with Crippen LogP contribution in [0.15, 0.2) is 29.1 Å². The van der Waals surface area contributed by atoms with Gasteiger partial charge in [-0.05, 0) is 12.0 Å². The van der Waals surface area contributed by atoms with E-state index < -0.39 is 0 Å². The molecule has 1 aliphatic rings. The molecule has 0 radical (unpaired) electrons. The van der Waals surface area contributed by atoms with Crippen molar-refractivity contribution in [1.82, 2.24) is 25.2 Å². The summed E-state index contributed by atoms with van der Waals surface area (Å²) in [7, 11) is 0. The van der Waals surface area contributed by atoms with Gasteiger partial charge in [-0.15, -0.1) is 0 Å². The maximum absolute atomic E-state index is 12.1. The fraction of sp³-hybridized carbons (Fsp3) is 0.556. The van der Waals surface area contributed by atoms with Crippen molar-refractivity contribution < 1.29 is 9.21 Å². The largest absolute Gasteiger partial charge is 0.447 e. The maximum Gasteiger partial charge on any atom is 0.273 e. The first-order valence-corrected chi connectivity index (χ1v) is 9.12. The molecule has 1 aliphatic heterocycles. The molecule has 1 fully saturated rings. The molecular formula is C18H26N6O2. The van der Waals surface area contributed by atoms with Gasteiger partial charge in [0.25, 0.3) is 5.91 Å². The lowest BCUT2D eigenvalue weighted by Crippen LogP contribution is -2.46. The first-order valence-electron chi connectivity index (χ1n) is 9.12. The van der Waals surface area contributed by atoms with Crippen LogP contribution < -0.4 is 10.2 Å². The molecule has 0 bridgehead atoms. The van der Waals surface area contributed by atoms with Gasteiger partial charge in [-0.25, -0.2) is 15.0 Å². The second-order valence-electron chi connectivity index (χ2n) is 6.66. The number of rotatable bonds is 7. The molecule has 0 aliphatic carbocycles. The highest BCUT2D eigenvalue weighted by atomic mass is 16.3. The van der Waals surface area contributed by atoms with Gasteiger partial charge in [0.15, 0.2) is 5.69 Å². The van der Waals surface area contributed by atoms with E-state index in [9.17, 15) is 4.79 Å². The van der Waals surface area contributed by atoms with Gasteiger partial charge in [0.1, 0.15) is 6.26 Å². The van der Waals surface area contributed by atoms with Crippen molar-refractivity contribution in [1.29, 1.82) is 0 Å². The summed E-state index contributed by atoms with van der Waals surface area (Å²) in [5.41, 5.74) is 0.347. The summed E-state index contributed by atoms with van der Waals surface area (Å²) in [6.45, 7) is 8.92. The fourth-order valence-electron chi connectivity index (χ4n) is 2.74. The van der Waals surface area contributed by atoms with Gasteiger partial charge in [-0.1, -0.05) is 20.3 Å². The Labute approximate surface area is 153 Å². The van der Waals surface area contributed by atoms with E-state index in [-0.39, 0.29) is 5.91 Å². The van der Waals surface area contributed by atoms with Crippen LogP contribution in [0.5, 0.6) is 0 Å². The number of piperazine rings is 1. The summed E-state index contributed by atoms with van der Waals surface area (Å²) in [4.78, 5) is 29.4. The normalized spacial score (nSPS) is 16.5. The molecular weight excluding hydrogens is 332 g/mol. The lowest BCUT2D eigenvalue weighted by atomic mass is 10.1. The predicted molar refractivity (Wildman–Crippen MR) is 97.8 cm³/mol. The average molecular weight is 358 g/mol. The zero-order valence-electron chi connectivity index (χ0n) is 15.4. The number of nitrogens with one attached hydrogen (secondary N) is 1. The van der Waals surface area contributed by atoms with Crippen molar-refractivity contribution in [3.63, 3.8) is 0 Å². The van der Waals surface area contributed by atoms with Gasteiger partial charge < -0.3 is 14.6 Å². The Morgan fingerprint density at radius 2 is 2.00 bits per heavy atom. The van der Waals surface area contributed by atoms with Crippen molar-refractivity contribution in [3.8, 4) is 0 Å². The van der Waals surface area contributed by atoms with E-state index in [1.807, 2.05) is 6.07 Å². The van der Waals surface area contributed by atoms with E-state index in [4.69, 9.17) is 4.42 Å². The highest BCUT2D eigenvalue weighted by Crippen LogP contribution is 2.12. The number of anilines is 1. The van der Waals surface area contributed by atoms with Gasteiger partial charge in [-0.3, -0.25) is 9.69 Å². The van der Waals surface area contributed by atoms with E-state index in [1.165, 1.54) is 6.26 Å². The number of hydrogen-bond donors (Lipinski definition) is 1. The Balaban J connectivity index is 1.47. The minimum Gasteiger partial charge on any atom is -0.447 e. The quantitative estimate of drug-likeness (QED) is 0.804. The molecule has 1 saturated heterocycles. The minimum atomic E-state index is -0.175. The third kappa shape index (κ3) is 4.78. The van der Waals surface area contributed by atoms with Crippen LogP contribution in [0.2, 0.25) is 0 Å². The molecule has 3 rings (SSSR count). The van der Waals surface area contributed by atoms with E-state index in [0.717, 1.165) is 38.5 Å². The predicted octanol–water partition coefficient (Wildman–Crippen LogP) is 1.56. The molecule has 0 spiro atoms. The highest BCUT2D eigenvalue weighted by Gasteiger charge is 2.21. The Kier molecular flexibility index (Phi) is 6.17. The molecule has 0 saturated carbocycles. The second kappa shape index (κ2) is 8.75. The van der Waals surface area contributed by atoms with Crippen molar-refractivity contribution >= 4 is 11.9 Å². The summed E-state index contributed by atoms with van der Waals surface area (Å²) in [6.07, 6.45) is 5.99. The maximum atomic E-state index is 12.1. The van der Waals surface area contributed by atoms with Crippen LogP contribution in [0, 0.1) is 5.92 Å². The molecule has 0 aromatic carbocycles. The Morgan fingerprint density at radius 3 is 2.69 bits per heavy atom.